The number of benzene rings is 2. The van der Waals surface area contributed by atoms with Gasteiger partial charge < -0.3 is 14.2 Å². The Bertz CT molecular complexity index is 1430. The average Bonchev–Trinajstić information content (AvgIpc) is 3.47. The highest BCUT2D eigenvalue weighted by atomic mass is 32.2. The molecule has 1 aliphatic rings. The fourth-order valence-corrected chi connectivity index (χ4v) is 6.27. The standard InChI is InChI=1S/C22H20N4O5S2/c1-14-19(33(28,29)25-17-8-4-6-15-5-2-3-7-16(15)17)13-18(32-14)20-23-21(31-24-20)22(27)26-9-11-30-12-10-26/h2-8,13,25H,9-12H2,1H3. The van der Waals surface area contributed by atoms with Crippen molar-refractivity contribution in [1.29, 1.82) is 0 Å². The van der Waals surface area contributed by atoms with Crippen molar-refractivity contribution in [2.24, 2.45) is 0 Å². The van der Waals surface area contributed by atoms with Crippen LogP contribution in [0.5, 0.6) is 0 Å². The molecule has 2 aromatic carbocycles. The van der Waals surface area contributed by atoms with Gasteiger partial charge in [0.2, 0.25) is 5.82 Å². The molecule has 0 atom stereocenters. The number of carbonyl (C=O) groups is 1. The molecule has 3 heterocycles. The average molecular weight is 485 g/mol. The smallest absolute Gasteiger partial charge is 0.316 e. The highest BCUT2D eigenvalue weighted by Gasteiger charge is 2.27. The summed E-state index contributed by atoms with van der Waals surface area (Å²) in [6.45, 7) is 3.54. The van der Waals surface area contributed by atoms with Crippen molar-refractivity contribution in [2.75, 3.05) is 31.0 Å². The van der Waals surface area contributed by atoms with Gasteiger partial charge >= 0.3 is 11.8 Å². The molecule has 1 aliphatic heterocycles. The first-order chi connectivity index (χ1) is 15.9. The zero-order chi connectivity index (χ0) is 23.0. The van der Waals surface area contributed by atoms with Gasteiger partial charge in [-0.15, -0.1) is 11.3 Å². The molecule has 0 aliphatic carbocycles. The van der Waals surface area contributed by atoms with Crippen LogP contribution in [0.2, 0.25) is 0 Å². The van der Waals surface area contributed by atoms with Crippen LogP contribution in [0.15, 0.2) is 57.9 Å². The van der Waals surface area contributed by atoms with Crippen LogP contribution in [0.25, 0.3) is 21.5 Å². The Labute approximate surface area is 194 Å². The third-order valence-electron chi connectivity index (χ3n) is 5.32. The van der Waals surface area contributed by atoms with Gasteiger partial charge in [0.05, 0.1) is 23.8 Å². The lowest BCUT2D eigenvalue weighted by Gasteiger charge is -2.25. The fraction of sp³-hybridized carbons (Fsp3) is 0.227. The molecule has 170 valence electrons. The Balaban J connectivity index is 1.41. The maximum absolute atomic E-state index is 13.2. The summed E-state index contributed by atoms with van der Waals surface area (Å²) < 4.78 is 39.5. The molecule has 0 unspecified atom stereocenters. The molecular weight excluding hydrogens is 464 g/mol. The van der Waals surface area contributed by atoms with E-state index in [9.17, 15) is 13.2 Å². The number of fused-ring (bicyclic) bond motifs is 1. The Morgan fingerprint density at radius 3 is 2.70 bits per heavy atom. The van der Waals surface area contributed by atoms with Crippen LogP contribution in [0, 0.1) is 6.92 Å². The highest BCUT2D eigenvalue weighted by Crippen LogP contribution is 2.34. The molecule has 1 saturated heterocycles. The number of nitrogens with zero attached hydrogens (tertiary/aromatic N) is 3. The normalized spacial score (nSPS) is 14.5. The van der Waals surface area contributed by atoms with Crippen molar-refractivity contribution in [2.45, 2.75) is 11.8 Å². The highest BCUT2D eigenvalue weighted by molar-refractivity contribution is 7.93. The molecule has 2 aromatic heterocycles. The molecule has 1 N–H and O–H groups in total. The van der Waals surface area contributed by atoms with Crippen molar-refractivity contribution < 1.29 is 22.5 Å². The molecule has 11 heteroatoms. The predicted molar refractivity (Wildman–Crippen MR) is 124 cm³/mol. The van der Waals surface area contributed by atoms with E-state index in [1.807, 2.05) is 30.3 Å². The van der Waals surface area contributed by atoms with Gasteiger partial charge in [-0.1, -0.05) is 41.6 Å². The maximum Gasteiger partial charge on any atom is 0.316 e. The summed E-state index contributed by atoms with van der Waals surface area (Å²) in [5.41, 5.74) is 0.498. The molecule has 5 rings (SSSR count). The monoisotopic (exact) mass is 484 g/mol. The fourth-order valence-electron chi connectivity index (χ4n) is 3.67. The van der Waals surface area contributed by atoms with E-state index in [0.29, 0.717) is 41.7 Å². The van der Waals surface area contributed by atoms with E-state index < -0.39 is 10.0 Å². The molecule has 4 aromatic rings. The summed E-state index contributed by atoms with van der Waals surface area (Å²) in [6, 6.07) is 14.5. The zero-order valence-electron chi connectivity index (χ0n) is 17.6. The Morgan fingerprint density at radius 1 is 1.12 bits per heavy atom. The number of nitrogens with one attached hydrogen (secondary N) is 1. The molecule has 0 bridgehead atoms. The van der Waals surface area contributed by atoms with E-state index in [0.717, 1.165) is 10.8 Å². The number of anilines is 1. The van der Waals surface area contributed by atoms with Crippen LogP contribution >= 0.6 is 11.3 Å². The summed E-state index contributed by atoms with van der Waals surface area (Å²) >= 11 is 1.22. The number of sulfonamides is 1. The molecule has 33 heavy (non-hydrogen) atoms. The van der Waals surface area contributed by atoms with Crippen molar-refractivity contribution in [1.82, 2.24) is 15.0 Å². The number of rotatable bonds is 5. The Morgan fingerprint density at radius 2 is 1.88 bits per heavy atom. The van der Waals surface area contributed by atoms with Gasteiger partial charge in [-0.25, -0.2) is 8.42 Å². The van der Waals surface area contributed by atoms with Crippen LogP contribution < -0.4 is 4.72 Å². The lowest BCUT2D eigenvalue weighted by Crippen LogP contribution is -2.40. The topological polar surface area (TPSA) is 115 Å². The Kier molecular flexibility index (Phi) is 5.60. The van der Waals surface area contributed by atoms with E-state index in [4.69, 9.17) is 9.26 Å². The van der Waals surface area contributed by atoms with Gasteiger partial charge in [-0.2, -0.15) is 4.98 Å². The molecule has 1 amide bonds. The number of ether oxygens (including phenoxy) is 1. The van der Waals surface area contributed by atoms with Gasteiger partial charge in [-0.05, 0) is 24.4 Å². The van der Waals surface area contributed by atoms with E-state index in [1.54, 1.807) is 24.0 Å². The van der Waals surface area contributed by atoms with E-state index >= 15 is 0 Å². The second-order valence-corrected chi connectivity index (χ2v) is 10.4. The number of thiophene rings is 1. The number of morpholine rings is 1. The zero-order valence-corrected chi connectivity index (χ0v) is 19.3. The number of hydrogen-bond acceptors (Lipinski definition) is 8. The molecular formula is C22H20N4O5S2. The first-order valence-electron chi connectivity index (χ1n) is 10.2. The van der Waals surface area contributed by atoms with E-state index in [2.05, 4.69) is 14.9 Å². The minimum absolute atomic E-state index is 0.126. The summed E-state index contributed by atoms with van der Waals surface area (Å²) in [5, 5.41) is 5.64. The summed E-state index contributed by atoms with van der Waals surface area (Å²) in [4.78, 5) is 19.5. The van der Waals surface area contributed by atoms with Crippen LogP contribution in [0.3, 0.4) is 0 Å². The van der Waals surface area contributed by atoms with Crippen molar-refractivity contribution in [3.63, 3.8) is 0 Å². The van der Waals surface area contributed by atoms with Crippen LogP contribution in [-0.2, 0) is 14.8 Å². The molecule has 0 saturated carbocycles. The number of amides is 1. The van der Waals surface area contributed by atoms with Crippen molar-refractivity contribution in [3.8, 4) is 10.7 Å². The summed E-state index contributed by atoms with van der Waals surface area (Å²) in [7, 11) is -3.86. The minimum Gasteiger partial charge on any atom is -0.378 e. The van der Waals surface area contributed by atoms with Gasteiger partial charge in [0, 0.05) is 23.4 Å². The van der Waals surface area contributed by atoms with Crippen molar-refractivity contribution >= 4 is 43.7 Å². The lowest BCUT2D eigenvalue weighted by atomic mass is 10.1. The number of hydrogen-bond donors (Lipinski definition) is 1. The van der Waals surface area contributed by atoms with Crippen LogP contribution in [-0.4, -0.2) is 55.7 Å². The second-order valence-electron chi connectivity index (χ2n) is 7.49. The van der Waals surface area contributed by atoms with E-state index in [1.165, 1.54) is 17.4 Å². The van der Waals surface area contributed by atoms with Gasteiger partial charge in [-0.3, -0.25) is 9.52 Å². The molecule has 0 radical (unpaired) electrons. The minimum atomic E-state index is -3.86. The van der Waals surface area contributed by atoms with Crippen LogP contribution in [0.1, 0.15) is 15.6 Å². The predicted octanol–water partition coefficient (Wildman–Crippen LogP) is 3.53. The quantitative estimate of drug-likeness (QED) is 0.461. The SMILES string of the molecule is Cc1sc(-c2noc(C(=O)N3CCOCC3)n2)cc1S(=O)(=O)Nc1cccc2ccccc12. The summed E-state index contributed by atoms with van der Waals surface area (Å²) in [6.07, 6.45) is 0. The number of aromatic nitrogens is 2. The first kappa shape index (κ1) is 21.6. The Hall–Kier alpha value is -3.28. The van der Waals surface area contributed by atoms with E-state index in [-0.39, 0.29) is 22.5 Å². The second kappa shape index (κ2) is 8.58. The number of aryl methyl sites for hydroxylation is 1. The maximum atomic E-state index is 13.2. The third-order valence-corrected chi connectivity index (χ3v) is 7.99. The third kappa shape index (κ3) is 4.22. The first-order valence-corrected chi connectivity index (χ1v) is 12.5. The molecule has 1 fully saturated rings. The van der Waals surface area contributed by atoms with Gasteiger partial charge in [0.1, 0.15) is 4.90 Å². The lowest BCUT2D eigenvalue weighted by molar-refractivity contribution is 0.0272. The van der Waals surface area contributed by atoms with Gasteiger partial charge in [0.25, 0.3) is 10.0 Å². The largest absolute Gasteiger partial charge is 0.378 e. The summed E-state index contributed by atoms with van der Waals surface area (Å²) in [5.74, 6) is -0.321. The van der Waals surface area contributed by atoms with Crippen molar-refractivity contribution in [3.05, 3.63) is 59.3 Å². The molecule has 9 nitrogen and oxygen atoms in total. The van der Waals surface area contributed by atoms with Gasteiger partial charge in [0.15, 0.2) is 0 Å². The van der Waals surface area contributed by atoms with Crippen LogP contribution in [0.4, 0.5) is 5.69 Å². The molecule has 0 spiro atoms. The number of carbonyl (C=O) groups excluding carboxylic acids is 1.